The van der Waals surface area contributed by atoms with Crippen LogP contribution in [0.5, 0.6) is 5.75 Å². The molecule has 3 aromatic rings. The lowest BCUT2D eigenvalue weighted by molar-refractivity contribution is -0.120. The predicted molar refractivity (Wildman–Crippen MR) is 88.7 cm³/mol. The highest BCUT2D eigenvalue weighted by molar-refractivity contribution is 6.30. The monoisotopic (exact) mass is 329 g/mol. The average Bonchev–Trinajstić information content (AvgIpc) is 2.95. The first-order chi connectivity index (χ1) is 11.1. The van der Waals surface area contributed by atoms with Crippen LogP contribution in [0.1, 0.15) is 11.3 Å². The van der Waals surface area contributed by atoms with Crippen molar-refractivity contribution in [3.63, 3.8) is 0 Å². The van der Waals surface area contributed by atoms with Crippen molar-refractivity contribution in [1.82, 2.24) is 14.7 Å². The molecule has 0 atom stereocenters. The molecule has 0 unspecified atom stereocenters. The van der Waals surface area contributed by atoms with E-state index in [1.54, 1.807) is 19.4 Å². The molecular formula is C17H16ClN3O2. The quantitative estimate of drug-likeness (QED) is 0.783. The standard InChI is InChI=1S/C17H16ClN3O2/c1-23-15-4-2-3-12(7-15)8-17(22)19-9-14-11-21-10-13(18)5-6-16(21)20-14/h2-7,10-11H,8-9H2,1H3,(H,19,22). The first-order valence-corrected chi connectivity index (χ1v) is 7.54. The number of benzene rings is 1. The number of nitrogens with one attached hydrogen (secondary N) is 1. The van der Waals surface area contributed by atoms with E-state index in [1.165, 1.54) is 0 Å². The van der Waals surface area contributed by atoms with Crippen LogP contribution in [0.2, 0.25) is 5.02 Å². The second-order valence-electron chi connectivity index (χ2n) is 5.15. The Kier molecular flexibility index (Phi) is 4.48. The van der Waals surface area contributed by atoms with Gasteiger partial charge in [-0.25, -0.2) is 4.98 Å². The molecule has 0 radical (unpaired) electrons. The third-order valence-corrected chi connectivity index (χ3v) is 3.65. The minimum absolute atomic E-state index is 0.0617. The van der Waals surface area contributed by atoms with Gasteiger partial charge >= 0.3 is 0 Å². The van der Waals surface area contributed by atoms with E-state index in [0.717, 1.165) is 22.7 Å². The molecule has 2 heterocycles. The zero-order valence-corrected chi connectivity index (χ0v) is 13.4. The minimum atomic E-state index is -0.0617. The number of carbonyl (C=O) groups excluding carboxylic acids is 1. The van der Waals surface area contributed by atoms with Gasteiger partial charge in [-0.05, 0) is 29.8 Å². The van der Waals surface area contributed by atoms with Crippen LogP contribution in [0.3, 0.4) is 0 Å². The summed E-state index contributed by atoms with van der Waals surface area (Å²) < 4.78 is 6.99. The van der Waals surface area contributed by atoms with E-state index in [4.69, 9.17) is 16.3 Å². The summed E-state index contributed by atoms with van der Waals surface area (Å²) >= 11 is 5.94. The first-order valence-electron chi connectivity index (χ1n) is 7.17. The fourth-order valence-corrected chi connectivity index (χ4v) is 2.49. The van der Waals surface area contributed by atoms with Gasteiger partial charge in [0, 0.05) is 12.4 Å². The number of hydrogen-bond donors (Lipinski definition) is 1. The maximum atomic E-state index is 12.0. The molecule has 0 aliphatic heterocycles. The fourth-order valence-electron chi connectivity index (χ4n) is 2.32. The third-order valence-electron chi connectivity index (χ3n) is 3.43. The summed E-state index contributed by atoms with van der Waals surface area (Å²) in [5.41, 5.74) is 2.49. The number of imidazole rings is 1. The number of fused-ring (bicyclic) bond motifs is 1. The van der Waals surface area contributed by atoms with E-state index in [9.17, 15) is 4.79 Å². The van der Waals surface area contributed by atoms with Crippen LogP contribution in [-0.2, 0) is 17.8 Å². The molecule has 118 valence electrons. The third kappa shape index (κ3) is 3.81. The van der Waals surface area contributed by atoms with E-state index >= 15 is 0 Å². The average molecular weight is 330 g/mol. The summed E-state index contributed by atoms with van der Waals surface area (Å²) in [4.78, 5) is 16.5. The van der Waals surface area contributed by atoms with Gasteiger partial charge in [0.1, 0.15) is 11.4 Å². The first kappa shape index (κ1) is 15.4. The van der Waals surface area contributed by atoms with Crippen LogP contribution >= 0.6 is 11.6 Å². The number of methoxy groups -OCH3 is 1. The topological polar surface area (TPSA) is 55.6 Å². The summed E-state index contributed by atoms with van der Waals surface area (Å²) in [5.74, 6) is 0.681. The van der Waals surface area contributed by atoms with Gasteiger partial charge in [0.15, 0.2) is 0 Å². The van der Waals surface area contributed by atoms with Crippen LogP contribution in [0.4, 0.5) is 0 Å². The molecule has 0 saturated heterocycles. The smallest absolute Gasteiger partial charge is 0.224 e. The Bertz CT molecular complexity index is 845. The summed E-state index contributed by atoms with van der Waals surface area (Å²) in [6.45, 7) is 0.377. The molecule has 0 aliphatic rings. The predicted octanol–water partition coefficient (Wildman–Crippen LogP) is 2.86. The van der Waals surface area contributed by atoms with E-state index in [1.807, 2.05) is 40.9 Å². The molecule has 5 nitrogen and oxygen atoms in total. The Labute approximate surface area is 138 Å². The highest BCUT2D eigenvalue weighted by atomic mass is 35.5. The van der Waals surface area contributed by atoms with Crippen molar-refractivity contribution in [3.8, 4) is 5.75 Å². The van der Waals surface area contributed by atoms with Crippen LogP contribution in [0.25, 0.3) is 5.65 Å². The molecule has 23 heavy (non-hydrogen) atoms. The number of pyridine rings is 1. The fraction of sp³-hybridized carbons (Fsp3) is 0.176. The van der Waals surface area contributed by atoms with Gasteiger partial charge < -0.3 is 14.5 Å². The lowest BCUT2D eigenvalue weighted by atomic mass is 10.1. The Hall–Kier alpha value is -2.53. The molecule has 1 amide bonds. The number of nitrogens with zero attached hydrogens (tertiary/aromatic N) is 2. The highest BCUT2D eigenvalue weighted by Gasteiger charge is 2.07. The van der Waals surface area contributed by atoms with Crippen LogP contribution < -0.4 is 10.1 Å². The zero-order chi connectivity index (χ0) is 16.2. The number of rotatable bonds is 5. The SMILES string of the molecule is COc1cccc(CC(=O)NCc2cn3cc(Cl)ccc3n2)c1. The molecule has 1 N–H and O–H groups in total. The van der Waals surface area contributed by atoms with Gasteiger partial charge in [0.05, 0.1) is 30.8 Å². The molecular weight excluding hydrogens is 314 g/mol. The van der Waals surface area contributed by atoms with Crippen molar-refractivity contribution in [2.45, 2.75) is 13.0 Å². The Morgan fingerprint density at radius 1 is 1.30 bits per heavy atom. The summed E-state index contributed by atoms with van der Waals surface area (Å²) in [6, 6.07) is 11.1. The van der Waals surface area contributed by atoms with Crippen molar-refractivity contribution in [2.24, 2.45) is 0 Å². The van der Waals surface area contributed by atoms with Gasteiger partial charge in [-0.2, -0.15) is 0 Å². The van der Waals surface area contributed by atoms with Gasteiger partial charge in [-0.1, -0.05) is 23.7 Å². The lowest BCUT2D eigenvalue weighted by Crippen LogP contribution is -2.24. The van der Waals surface area contributed by atoms with Crippen LogP contribution in [0, 0.1) is 0 Å². The number of hydrogen-bond acceptors (Lipinski definition) is 3. The van der Waals surface area contributed by atoms with Crippen molar-refractivity contribution in [1.29, 1.82) is 0 Å². The Morgan fingerprint density at radius 2 is 2.17 bits per heavy atom. The van der Waals surface area contributed by atoms with Crippen LogP contribution in [-0.4, -0.2) is 22.4 Å². The van der Waals surface area contributed by atoms with Gasteiger partial charge in [0.25, 0.3) is 0 Å². The number of aromatic nitrogens is 2. The van der Waals surface area contributed by atoms with Crippen molar-refractivity contribution in [3.05, 3.63) is 65.1 Å². The summed E-state index contributed by atoms with van der Waals surface area (Å²) in [7, 11) is 1.61. The maximum Gasteiger partial charge on any atom is 0.224 e. The zero-order valence-electron chi connectivity index (χ0n) is 12.6. The van der Waals surface area contributed by atoms with Gasteiger partial charge in [-0.3, -0.25) is 4.79 Å². The second-order valence-corrected chi connectivity index (χ2v) is 5.59. The summed E-state index contributed by atoms with van der Waals surface area (Å²) in [5, 5.41) is 3.51. The second kappa shape index (κ2) is 6.71. The minimum Gasteiger partial charge on any atom is -0.497 e. The van der Waals surface area contributed by atoms with Crippen LogP contribution in [0.15, 0.2) is 48.8 Å². The number of amides is 1. The largest absolute Gasteiger partial charge is 0.497 e. The Balaban J connectivity index is 1.61. The number of halogens is 1. The number of carbonyl (C=O) groups is 1. The summed E-state index contributed by atoms with van der Waals surface area (Å²) in [6.07, 6.45) is 3.94. The normalized spacial score (nSPS) is 10.7. The molecule has 0 bridgehead atoms. The van der Waals surface area contributed by atoms with E-state index in [0.29, 0.717) is 18.0 Å². The van der Waals surface area contributed by atoms with Crippen molar-refractivity contribution in [2.75, 3.05) is 7.11 Å². The Morgan fingerprint density at radius 3 is 3.00 bits per heavy atom. The molecule has 0 aliphatic carbocycles. The molecule has 0 fully saturated rings. The van der Waals surface area contributed by atoms with Crippen molar-refractivity contribution >= 4 is 23.2 Å². The lowest BCUT2D eigenvalue weighted by Gasteiger charge is -2.05. The van der Waals surface area contributed by atoms with Gasteiger partial charge in [-0.15, -0.1) is 0 Å². The maximum absolute atomic E-state index is 12.0. The number of ether oxygens (including phenoxy) is 1. The molecule has 3 rings (SSSR count). The van der Waals surface area contributed by atoms with Crippen molar-refractivity contribution < 1.29 is 9.53 Å². The molecule has 0 saturated carbocycles. The molecule has 6 heteroatoms. The van der Waals surface area contributed by atoms with E-state index in [2.05, 4.69) is 10.3 Å². The highest BCUT2D eigenvalue weighted by Crippen LogP contribution is 2.13. The van der Waals surface area contributed by atoms with Gasteiger partial charge in [0.2, 0.25) is 5.91 Å². The molecule has 1 aromatic carbocycles. The molecule has 2 aromatic heterocycles. The molecule has 0 spiro atoms. The van der Waals surface area contributed by atoms with E-state index < -0.39 is 0 Å². The van der Waals surface area contributed by atoms with E-state index in [-0.39, 0.29) is 5.91 Å².